The van der Waals surface area contributed by atoms with Gasteiger partial charge in [0.05, 0.1) is 11.4 Å². The highest BCUT2D eigenvalue weighted by molar-refractivity contribution is 5.65. The number of nitrogens with one attached hydrogen (secondary N) is 1. The summed E-state index contributed by atoms with van der Waals surface area (Å²) in [6.45, 7) is 6.95. The quantitative estimate of drug-likeness (QED) is 0.822. The van der Waals surface area contributed by atoms with Crippen LogP contribution < -0.4 is 11.1 Å². The molecule has 1 aromatic rings. The molecule has 1 saturated heterocycles. The van der Waals surface area contributed by atoms with Gasteiger partial charge in [-0.1, -0.05) is 13.8 Å². The van der Waals surface area contributed by atoms with E-state index < -0.39 is 0 Å². The molecule has 0 aromatic heterocycles. The van der Waals surface area contributed by atoms with Gasteiger partial charge in [0.2, 0.25) is 0 Å². The van der Waals surface area contributed by atoms with Gasteiger partial charge in [0, 0.05) is 19.8 Å². The second-order valence-corrected chi connectivity index (χ2v) is 5.96. The molecule has 0 bridgehead atoms. The molecular formula is C15H23FN2O. The molecule has 0 amide bonds. The SMILES string of the molecule is CC(C)(CNc1cc(F)ccc1N)C1CCOCC1. The molecule has 1 aromatic carbocycles. The van der Waals surface area contributed by atoms with E-state index in [1.807, 2.05) is 0 Å². The van der Waals surface area contributed by atoms with E-state index in [-0.39, 0.29) is 11.2 Å². The molecule has 0 radical (unpaired) electrons. The minimum absolute atomic E-state index is 0.141. The Kier molecular flexibility index (Phi) is 4.30. The molecule has 3 nitrogen and oxygen atoms in total. The molecule has 0 saturated carbocycles. The Balaban J connectivity index is 1.98. The molecular weight excluding hydrogens is 243 g/mol. The third-order valence-corrected chi connectivity index (χ3v) is 4.08. The molecule has 3 N–H and O–H groups in total. The maximum atomic E-state index is 13.2. The first-order valence-corrected chi connectivity index (χ1v) is 6.86. The largest absolute Gasteiger partial charge is 0.397 e. The zero-order chi connectivity index (χ0) is 13.9. The van der Waals surface area contributed by atoms with Crippen molar-refractivity contribution in [1.82, 2.24) is 0 Å². The average molecular weight is 266 g/mol. The summed E-state index contributed by atoms with van der Waals surface area (Å²) in [6.07, 6.45) is 2.18. The highest BCUT2D eigenvalue weighted by Gasteiger charge is 2.30. The molecule has 0 aliphatic carbocycles. The van der Waals surface area contributed by atoms with Crippen LogP contribution in [0.5, 0.6) is 0 Å². The monoisotopic (exact) mass is 266 g/mol. The zero-order valence-electron chi connectivity index (χ0n) is 11.7. The first kappa shape index (κ1) is 14.1. The minimum atomic E-state index is -0.263. The van der Waals surface area contributed by atoms with Crippen LogP contribution in [-0.4, -0.2) is 19.8 Å². The predicted octanol–water partition coefficient (Wildman–Crippen LogP) is 3.27. The number of hydrogen-bond donors (Lipinski definition) is 2. The van der Waals surface area contributed by atoms with Crippen molar-refractivity contribution < 1.29 is 9.13 Å². The number of nitrogen functional groups attached to an aromatic ring is 1. The van der Waals surface area contributed by atoms with Crippen LogP contribution in [0, 0.1) is 17.2 Å². The zero-order valence-corrected chi connectivity index (χ0v) is 11.7. The van der Waals surface area contributed by atoms with Gasteiger partial charge in [-0.05, 0) is 42.4 Å². The van der Waals surface area contributed by atoms with E-state index in [0.717, 1.165) is 32.6 Å². The number of ether oxygens (including phenoxy) is 1. The molecule has 19 heavy (non-hydrogen) atoms. The first-order valence-electron chi connectivity index (χ1n) is 6.86. The molecule has 1 fully saturated rings. The van der Waals surface area contributed by atoms with Gasteiger partial charge in [0.15, 0.2) is 0 Å². The molecule has 0 spiro atoms. The van der Waals surface area contributed by atoms with Gasteiger partial charge in [-0.2, -0.15) is 0 Å². The Morgan fingerprint density at radius 2 is 2.05 bits per heavy atom. The van der Waals surface area contributed by atoms with E-state index in [2.05, 4.69) is 19.2 Å². The number of benzene rings is 1. The van der Waals surface area contributed by atoms with Gasteiger partial charge in [0.1, 0.15) is 5.82 Å². The summed E-state index contributed by atoms with van der Waals surface area (Å²) in [5.74, 6) is 0.365. The molecule has 0 atom stereocenters. The van der Waals surface area contributed by atoms with Gasteiger partial charge in [-0.25, -0.2) is 4.39 Å². The van der Waals surface area contributed by atoms with Gasteiger partial charge in [-0.3, -0.25) is 0 Å². The Morgan fingerprint density at radius 3 is 2.74 bits per heavy atom. The van der Waals surface area contributed by atoms with E-state index in [4.69, 9.17) is 10.5 Å². The third kappa shape index (κ3) is 3.60. The first-order chi connectivity index (χ1) is 8.99. The second-order valence-electron chi connectivity index (χ2n) is 5.96. The topological polar surface area (TPSA) is 47.3 Å². The molecule has 106 valence electrons. The predicted molar refractivity (Wildman–Crippen MR) is 76.6 cm³/mol. The van der Waals surface area contributed by atoms with Gasteiger partial charge in [-0.15, -0.1) is 0 Å². The summed E-state index contributed by atoms with van der Waals surface area (Å²) in [5.41, 5.74) is 7.26. The smallest absolute Gasteiger partial charge is 0.125 e. The Labute approximate surface area is 114 Å². The summed E-state index contributed by atoms with van der Waals surface area (Å²) >= 11 is 0. The van der Waals surface area contributed by atoms with Crippen LogP contribution in [0.2, 0.25) is 0 Å². The average Bonchev–Trinajstić information content (AvgIpc) is 2.41. The molecule has 0 unspecified atom stereocenters. The van der Waals surface area contributed by atoms with Crippen molar-refractivity contribution in [1.29, 1.82) is 0 Å². The Bertz CT molecular complexity index is 428. The van der Waals surface area contributed by atoms with Crippen LogP contribution in [0.25, 0.3) is 0 Å². The summed E-state index contributed by atoms with van der Waals surface area (Å²) in [4.78, 5) is 0. The Morgan fingerprint density at radius 1 is 1.37 bits per heavy atom. The fourth-order valence-corrected chi connectivity index (χ4v) is 2.63. The molecule has 1 aliphatic heterocycles. The van der Waals surface area contributed by atoms with E-state index in [0.29, 0.717) is 17.3 Å². The minimum Gasteiger partial charge on any atom is -0.397 e. The Hall–Kier alpha value is -1.29. The van der Waals surface area contributed by atoms with Crippen molar-refractivity contribution in [2.24, 2.45) is 11.3 Å². The van der Waals surface area contributed by atoms with E-state index >= 15 is 0 Å². The lowest BCUT2D eigenvalue weighted by Crippen LogP contribution is -2.35. The van der Waals surface area contributed by atoms with Crippen LogP contribution in [0.15, 0.2) is 18.2 Å². The number of halogens is 1. The fourth-order valence-electron chi connectivity index (χ4n) is 2.63. The summed E-state index contributed by atoms with van der Waals surface area (Å²) in [7, 11) is 0. The van der Waals surface area contributed by atoms with Crippen LogP contribution in [0.1, 0.15) is 26.7 Å². The van der Waals surface area contributed by atoms with E-state index in [9.17, 15) is 4.39 Å². The lowest BCUT2D eigenvalue weighted by atomic mass is 9.74. The van der Waals surface area contributed by atoms with Crippen molar-refractivity contribution in [2.75, 3.05) is 30.8 Å². The maximum Gasteiger partial charge on any atom is 0.125 e. The standard InChI is InChI=1S/C15H23FN2O/c1-15(2,11-5-7-19-8-6-11)10-18-14-9-12(16)3-4-13(14)17/h3-4,9,11,18H,5-8,10,17H2,1-2H3. The number of rotatable bonds is 4. The summed E-state index contributed by atoms with van der Waals surface area (Å²) < 4.78 is 18.6. The van der Waals surface area contributed by atoms with Gasteiger partial charge in [0.25, 0.3) is 0 Å². The van der Waals surface area contributed by atoms with Crippen LogP contribution >= 0.6 is 0 Å². The fraction of sp³-hybridized carbons (Fsp3) is 0.600. The number of anilines is 2. The van der Waals surface area contributed by atoms with Crippen molar-refractivity contribution in [3.63, 3.8) is 0 Å². The van der Waals surface area contributed by atoms with Crippen LogP contribution in [-0.2, 0) is 4.74 Å². The van der Waals surface area contributed by atoms with Crippen molar-refractivity contribution in [3.8, 4) is 0 Å². The lowest BCUT2D eigenvalue weighted by molar-refractivity contribution is 0.0269. The van der Waals surface area contributed by atoms with Crippen molar-refractivity contribution >= 4 is 11.4 Å². The molecule has 1 aliphatic rings. The molecule has 1 heterocycles. The summed E-state index contributed by atoms with van der Waals surface area (Å²) in [6, 6.07) is 4.43. The van der Waals surface area contributed by atoms with Gasteiger partial charge >= 0.3 is 0 Å². The highest BCUT2D eigenvalue weighted by atomic mass is 19.1. The van der Waals surface area contributed by atoms with E-state index in [1.54, 1.807) is 6.07 Å². The summed E-state index contributed by atoms with van der Waals surface area (Å²) in [5, 5.41) is 3.29. The number of hydrogen-bond acceptors (Lipinski definition) is 3. The number of nitrogens with two attached hydrogens (primary N) is 1. The van der Waals surface area contributed by atoms with Gasteiger partial charge < -0.3 is 15.8 Å². The maximum absolute atomic E-state index is 13.2. The molecule has 2 rings (SSSR count). The third-order valence-electron chi connectivity index (χ3n) is 4.08. The van der Waals surface area contributed by atoms with Crippen LogP contribution in [0.4, 0.5) is 15.8 Å². The van der Waals surface area contributed by atoms with Crippen molar-refractivity contribution in [2.45, 2.75) is 26.7 Å². The second kappa shape index (κ2) is 5.78. The normalized spacial score (nSPS) is 17.4. The van der Waals surface area contributed by atoms with Crippen molar-refractivity contribution in [3.05, 3.63) is 24.0 Å². The molecule has 4 heteroatoms. The highest BCUT2D eigenvalue weighted by Crippen LogP contribution is 2.35. The van der Waals surface area contributed by atoms with Crippen LogP contribution in [0.3, 0.4) is 0 Å². The van der Waals surface area contributed by atoms with E-state index in [1.165, 1.54) is 12.1 Å². The lowest BCUT2D eigenvalue weighted by Gasteiger charge is -2.37.